The van der Waals surface area contributed by atoms with Gasteiger partial charge in [0.05, 0.1) is 22.7 Å². The Bertz CT molecular complexity index is 659. The van der Waals surface area contributed by atoms with Crippen molar-refractivity contribution in [3.8, 4) is 5.88 Å². The van der Waals surface area contributed by atoms with Crippen LogP contribution < -0.4 is 16.0 Å². The fourth-order valence-corrected chi connectivity index (χ4v) is 2.49. The summed E-state index contributed by atoms with van der Waals surface area (Å²) in [5, 5.41) is 11.1. The van der Waals surface area contributed by atoms with Crippen molar-refractivity contribution in [2.24, 2.45) is 5.84 Å². The molecule has 0 fully saturated rings. The molecule has 0 saturated carbocycles. The first kappa shape index (κ1) is 15.1. The summed E-state index contributed by atoms with van der Waals surface area (Å²) in [6.45, 7) is 3.66. The summed E-state index contributed by atoms with van der Waals surface area (Å²) < 4.78 is 5.44. The molecule has 2 aromatic heterocycles. The fourth-order valence-electron chi connectivity index (χ4n) is 1.72. The van der Waals surface area contributed by atoms with Gasteiger partial charge in [0, 0.05) is 11.3 Å². The molecule has 112 valence electrons. The van der Waals surface area contributed by atoms with Crippen LogP contribution in [0.2, 0.25) is 0 Å². The lowest BCUT2D eigenvalue weighted by Gasteiger charge is -2.08. The lowest BCUT2D eigenvalue weighted by Crippen LogP contribution is -2.14. The van der Waals surface area contributed by atoms with Crippen LogP contribution in [0.25, 0.3) is 0 Å². The van der Waals surface area contributed by atoms with Gasteiger partial charge < -0.3 is 4.74 Å². The number of hydrogen-bond acceptors (Lipinski definition) is 9. The summed E-state index contributed by atoms with van der Waals surface area (Å²) in [4.78, 5) is 23.5. The number of nitrogen functional groups attached to an aromatic ring is 1. The highest BCUT2D eigenvalue weighted by molar-refractivity contribution is 7.09. The number of anilines is 1. The zero-order chi connectivity index (χ0) is 15.4. The summed E-state index contributed by atoms with van der Waals surface area (Å²) in [7, 11) is 0. The number of nitrogens with zero attached hydrogens (tertiary/aromatic N) is 4. The standard InChI is InChI=1S/C11H14N6O3S/c1-6-8(21-5-13-6)3-4-20-10-9(17(18)19)7(2)14-11(15-10)16-12/h5H,3-4,12H2,1-2H3,(H,14,15,16). The number of ether oxygens (including phenoxy) is 1. The molecule has 0 aliphatic carbocycles. The van der Waals surface area contributed by atoms with Gasteiger partial charge >= 0.3 is 5.69 Å². The van der Waals surface area contributed by atoms with Crippen LogP contribution in [-0.4, -0.2) is 26.5 Å². The second kappa shape index (κ2) is 6.41. The molecule has 2 rings (SSSR count). The number of nitro groups is 1. The van der Waals surface area contributed by atoms with Gasteiger partial charge in [-0.25, -0.2) is 15.8 Å². The molecule has 0 spiro atoms. The minimum atomic E-state index is -0.567. The van der Waals surface area contributed by atoms with Crippen molar-refractivity contribution in [2.45, 2.75) is 20.3 Å². The van der Waals surface area contributed by atoms with E-state index in [1.807, 2.05) is 6.92 Å². The lowest BCUT2D eigenvalue weighted by atomic mass is 10.3. The fraction of sp³-hybridized carbons (Fsp3) is 0.364. The minimum absolute atomic E-state index is 0.0714. The quantitative estimate of drug-likeness (QED) is 0.465. The van der Waals surface area contributed by atoms with Crippen LogP contribution >= 0.6 is 11.3 Å². The maximum Gasteiger partial charge on any atom is 0.352 e. The van der Waals surface area contributed by atoms with Crippen molar-refractivity contribution in [1.82, 2.24) is 15.0 Å². The second-order valence-corrected chi connectivity index (χ2v) is 5.09. The molecule has 2 aromatic rings. The smallest absolute Gasteiger partial charge is 0.352 e. The van der Waals surface area contributed by atoms with E-state index in [0.717, 1.165) is 10.6 Å². The molecule has 0 aliphatic rings. The van der Waals surface area contributed by atoms with Gasteiger partial charge in [0.1, 0.15) is 5.69 Å². The van der Waals surface area contributed by atoms with Crippen molar-refractivity contribution in [1.29, 1.82) is 0 Å². The monoisotopic (exact) mass is 310 g/mol. The Labute approximate surface area is 124 Å². The maximum atomic E-state index is 11.1. The molecule has 0 unspecified atom stereocenters. The molecule has 3 N–H and O–H groups in total. The Morgan fingerprint density at radius 1 is 1.43 bits per heavy atom. The van der Waals surface area contributed by atoms with E-state index in [0.29, 0.717) is 6.42 Å². The van der Waals surface area contributed by atoms with Gasteiger partial charge in [-0.1, -0.05) is 0 Å². The third-order valence-corrected chi connectivity index (χ3v) is 3.75. The van der Waals surface area contributed by atoms with E-state index in [1.165, 1.54) is 18.3 Å². The van der Waals surface area contributed by atoms with Crippen LogP contribution in [0.15, 0.2) is 5.51 Å². The Morgan fingerprint density at radius 2 is 2.19 bits per heavy atom. The molecule has 0 saturated heterocycles. The number of nitrogens with one attached hydrogen (secondary N) is 1. The largest absolute Gasteiger partial charge is 0.472 e. The first-order chi connectivity index (χ1) is 10.0. The average molecular weight is 310 g/mol. The van der Waals surface area contributed by atoms with Crippen LogP contribution in [0.3, 0.4) is 0 Å². The molecule has 0 atom stereocenters. The van der Waals surface area contributed by atoms with Gasteiger partial charge in [0.25, 0.3) is 5.88 Å². The Morgan fingerprint density at radius 3 is 2.76 bits per heavy atom. The van der Waals surface area contributed by atoms with E-state index in [2.05, 4.69) is 20.4 Å². The van der Waals surface area contributed by atoms with Crippen LogP contribution in [0.5, 0.6) is 5.88 Å². The van der Waals surface area contributed by atoms with Crippen molar-refractivity contribution >= 4 is 23.0 Å². The molecule has 10 heteroatoms. The van der Waals surface area contributed by atoms with Gasteiger partial charge in [-0.2, -0.15) is 4.98 Å². The Kier molecular flexibility index (Phi) is 4.60. The predicted molar refractivity (Wildman–Crippen MR) is 77.3 cm³/mol. The third kappa shape index (κ3) is 3.41. The summed E-state index contributed by atoms with van der Waals surface area (Å²) >= 11 is 1.52. The average Bonchev–Trinajstić information content (AvgIpc) is 2.83. The molecular weight excluding hydrogens is 296 g/mol. The van der Waals surface area contributed by atoms with Crippen LogP contribution in [0.1, 0.15) is 16.3 Å². The molecule has 0 aliphatic heterocycles. The first-order valence-corrected chi connectivity index (χ1v) is 6.92. The molecule has 0 bridgehead atoms. The van der Waals surface area contributed by atoms with Crippen LogP contribution in [0, 0.1) is 24.0 Å². The van der Waals surface area contributed by atoms with Gasteiger partial charge in [0.2, 0.25) is 5.95 Å². The number of thiazole rings is 1. The van der Waals surface area contributed by atoms with Gasteiger partial charge in [-0.15, -0.1) is 11.3 Å². The van der Waals surface area contributed by atoms with Crippen LogP contribution in [0.4, 0.5) is 11.6 Å². The summed E-state index contributed by atoms with van der Waals surface area (Å²) in [5.74, 6) is 5.21. The highest BCUT2D eigenvalue weighted by Crippen LogP contribution is 2.28. The zero-order valence-electron chi connectivity index (χ0n) is 11.5. The number of aryl methyl sites for hydroxylation is 2. The predicted octanol–water partition coefficient (Wildman–Crippen LogP) is 1.37. The van der Waals surface area contributed by atoms with E-state index < -0.39 is 4.92 Å². The molecule has 9 nitrogen and oxygen atoms in total. The van der Waals surface area contributed by atoms with Crippen molar-refractivity contribution < 1.29 is 9.66 Å². The number of nitrogens with two attached hydrogens (primary N) is 1. The van der Waals surface area contributed by atoms with E-state index in [9.17, 15) is 10.1 Å². The van der Waals surface area contributed by atoms with Crippen LogP contribution in [-0.2, 0) is 6.42 Å². The normalized spacial score (nSPS) is 10.4. The summed E-state index contributed by atoms with van der Waals surface area (Å²) in [5.41, 5.74) is 4.87. The topological polar surface area (TPSA) is 129 Å². The molecular formula is C11H14N6O3S. The third-order valence-electron chi connectivity index (χ3n) is 2.75. The van der Waals surface area contributed by atoms with E-state index in [1.54, 1.807) is 5.51 Å². The van der Waals surface area contributed by atoms with E-state index >= 15 is 0 Å². The number of rotatable bonds is 6. The number of aromatic nitrogens is 3. The maximum absolute atomic E-state index is 11.1. The number of hydrogen-bond donors (Lipinski definition) is 2. The van der Waals surface area contributed by atoms with Gasteiger partial charge in [-0.3, -0.25) is 15.5 Å². The molecule has 21 heavy (non-hydrogen) atoms. The molecule has 0 amide bonds. The highest BCUT2D eigenvalue weighted by atomic mass is 32.1. The van der Waals surface area contributed by atoms with Gasteiger partial charge in [-0.05, 0) is 13.8 Å². The highest BCUT2D eigenvalue weighted by Gasteiger charge is 2.23. The molecule has 0 radical (unpaired) electrons. The van der Waals surface area contributed by atoms with Crippen molar-refractivity contribution in [3.63, 3.8) is 0 Å². The Balaban J connectivity index is 2.16. The van der Waals surface area contributed by atoms with E-state index in [4.69, 9.17) is 10.6 Å². The van der Waals surface area contributed by atoms with Crippen molar-refractivity contribution in [2.75, 3.05) is 12.0 Å². The minimum Gasteiger partial charge on any atom is -0.472 e. The second-order valence-electron chi connectivity index (χ2n) is 4.15. The van der Waals surface area contributed by atoms with Gasteiger partial charge in [0.15, 0.2) is 0 Å². The molecule has 0 aromatic carbocycles. The summed E-state index contributed by atoms with van der Waals surface area (Å²) in [6, 6.07) is 0. The summed E-state index contributed by atoms with van der Waals surface area (Å²) in [6.07, 6.45) is 0.599. The Hall–Kier alpha value is -2.33. The van der Waals surface area contributed by atoms with Crippen molar-refractivity contribution in [3.05, 3.63) is 31.9 Å². The van der Waals surface area contributed by atoms with E-state index in [-0.39, 0.29) is 29.8 Å². The lowest BCUT2D eigenvalue weighted by molar-refractivity contribution is -0.387. The first-order valence-electron chi connectivity index (χ1n) is 6.04. The SMILES string of the molecule is Cc1ncsc1CCOc1nc(NN)nc(C)c1[N+](=O)[O-]. The number of hydrazine groups is 1. The molecule has 2 heterocycles. The zero-order valence-corrected chi connectivity index (χ0v) is 12.3.